The summed E-state index contributed by atoms with van der Waals surface area (Å²) >= 11 is 0. The van der Waals surface area contributed by atoms with Gasteiger partial charge in [0.25, 0.3) is 0 Å². The van der Waals surface area contributed by atoms with E-state index in [0.717, 1.165) is 25.7 Å². The van der Waals surface area contributed by atoms with E-state index in [9.17, 15) is 9.46 Å². The van der Waals surface area contributed by atoms with Crippen LogP contribution in [-0.2, 0) is 9.09 Å². The number of allylic oxidation sites excluding steroid dienone is 1. The lowest BCUT2D eigenvalue weighted by Crippen LogP contribution is -2.06. The second kappa shape index (κ2) is 18.9. The molecule has 3 atom stereocenters. The van der Waals surface area contributed by atoms with Crippen molar-refractivity contribution in [3.63, 3.8) is 0 Å². The highest BCUT2D eigenvalue weighted by atomic mass is 31.2. The molecule has 28 heavy (non-hydrogen) atoms. The molecule has 0 aliphatic rings. The first-order valence-electron chi connectivity index (χ1n) is 12.1. The second-order valence-corrected chi connectivity index (χ2v) is 10.1. The lowest BCUT2D eigenvalue weighted by Gasteiger charge is -2.17. The van der Waals surface area contributed by atoms with Crippen LogP contribution in [0.3, 0.4) is 0 Å². The molecule has 0 rings (SSSR count). The Morgan fingerprint density at radius 2 is 1.18 bits per heavy atom. The predicted molar refractivity (Wildman–Crippen MR) is 124 cm³/mol. The van der Waals surface area contributed by atoms with Crippen LogP contribution in [-0.4, -0.2) is 11.0 Å². The minimum absolute atomic E-state index is 0.158. The smallest absolute Gasteiger partial charge is 0.321 e. The standard InChI is InChI=1S/C24H49O3P/c1-5-8-11-14-17-20-24(19-16-13-10-7-3)21-22-28(25,26)27-23(4)18-15-12-9-6-2/h21-24H,5-20H2,1-4H3,(H,25,26)/b22-21+. The van der Waals surface area contributed by atoms with Crippen molar-refractivity contribution in [2.45, 2.75) is 137 Å². The number of hydrogen-bond acceptors (Lipinski definition) is 2. The fourth-order valence-corrected chi connectivity index (χ4v) is 4.77. The molecule has 0 aromatic carbocycles. The zero-order chi connectivity index (χ0) is 21.1. The van der Waals surface area contributed by atoms with Gasteiger partial charge in [-0.1, -0.05) is 110 Å². The van der Waals surface area contributed by atoms with Crippen LogP contribution in [0.1, 0.15) is 130 Å². The topological polar surface area (TPSA) is 46.5 Å². The van der Waals surface area contributed by atoms with E-state index in [2.05, 4.69) is 20.8 Å². The third kappa shape index (κ3) is 18.0. The molecule has 0 aliphatic heterocycles. The molecule has 1 N–H and O–H groups in total. The highest BCUT2D eigenvalue weighted by Gasteiger charge is 2.19. The van der Waals surface area contributed by atoms with Crippen LogP contribution in [0.15, 0.2) is 11.9 Å². The normalized spacial score (nSPS) is 16.3. The highest BCUT2D eigenvalue weighted by molar-refractivity contribution is 7.56. The summed E-state index contributed by atoms with van der Waals surface area (Å²) in [5.74, 6) is 1.88. The summed E-state index contributed by atoms with van der Waals surface area (Å²) in [6, 6.07) is 0. The van der Waals surface area contributed by atoms with Crippen molar-refractivity contribution in [1.29, 1.82) is 0 Å². The first kappa shape index (κ1) is 27.9. The maximum absolute atomic E-state index is 12.5. The Kier molecular flexibility index (Phi) is 18.8. The van der Waals surface area contributed by atoms with Gasteiger partial charge in [0.05, 0.1) is 6.10 Å². The molecule has 0 fully saturated rings. The highest BCUT2D eigenvalue weighted by Crippen LogP contribution is 2.46. The summed E-state index contributed by atoms with van der Waals surface area (Å²) in [6.45, 7) is 8.57. The molecule has 0 spiro atoms. The molecule has 4 heteroatoms. The van der Waals surface area contributed by atoms with Gasteiger partial charge in [0.15, 0.2) is 0 Å². The van der Waals surface area contributed by atoms with Crippen LogP contribution in [0, 0.1) is 5.92 Å². The Balaban J connectivity index is 4.45. The van der Waals surface area contributed by atoms with E-state index >= 15 is 0 Å². The summed E-state index contributed by atoms with van der Waals surface area (Å²) in [6.07, 6.45) is 21.0. The molecule has 0 aromatic heterocycles. The summed E-state index contributed by atoms with van der Waals surface area (Å²) in [5, 5.41) is 0. The molecule has 0 amide bonds. The van der Waals surface area contributed by atoms with Crippen molar-refractivity contribution in [3.8, 4) is 0 Å². The van der Waals surface area contributed by atoms with E-state index in [1.807, 2.05) is 13.0 Å². The van der Waals surface area contributed by atoms with Crippen molar-refractivity contribution in [2.24, 2.45) is 5.92 Å². The molecule has 0 aliphatic carbocycles. The van der Waals surface area contributed by atoms with Crippen LogP contribution in [0.4, 0.5) is 0 Å². The maximum atomic E-state index is 12.5. The molecule has 3 unspecified atom stereocenters. The fourth-order valence-electron chi connectivity index (χ4n) is 3.61. The van der Waals surface area contributed by atoms with Gasteiger partial charge in [-0.3, -0.25) is 4.57 Å². The van der Waals surface area contributed by atoms with E-state index < -0.39 is 7.60 Å². The minimum Gasteiger partial charge on any atom is -0.321 e. The van der Waals surface area contributed by atoms with Gasteiger partial charge >= 0.3 is 7.60 Å². The molecule has 0 saturated carbocycles. The van der Waals surface area contributed by atoms with Gasteiger partial charge < -0.3 is 9.42 Å². The van der Waals surface area contributed by atoms with Gasteiger partial charge in [-0.2, -0.15) is 0 Å². The van der Waals surface area contributed by atoms with Gasteiger partial charge in [0.1, 0.15) is 0 Å². The van der Waals surface area contributed by atoms with E-state index in [0.29, 0.717) is 5.92 Å². The Labute approximate surface area is 176 Å². The van der Waals surface area contributed by atoms with Crippen molar-refractivity contribution in [3.05, 3.63) is 11.9 Å². The van der Waals surface area contributed by atoms with Crippen molar-refractivity contribution < 1.29 is 14.0 Å². The Hall–Kier alpha value is -0.110. The Bertz CT molecular complexity index is 409. The lowest BCUT2D eigenvalue weighted by molar-refractivity contribution is 0.183. The third-order valence-electron chi connectivity index (χ3n) is 5.45. The van der Waals surface area contributed by atoms with Crippen molar-refractivity contribution in [1.82, 2.24) is 0 Å². The first-order valence-corrected chi connectivity index (χ1v) is 13.8. The second-order valence-electron chi connectivity index (χ2n) is 8.48. The Morgan fingerprint density at radius 3 is 1.68 bits per heavy atom. The molecule has 0 bridgehead atoms. The molecule has 0 saturated heterocycles. The third-order valence-corrected chi connectivity index (χ3v) is 6.66. The average Bonchev–Trinajstić information content (AvgIpc) is 2.65. The summed E-state index contributed by atoms with van der Waals surface area (Å²) in [7, 11) is -3.63. The maximum Gasteiger partial charge on any atom is 0.351 e. The van der Waals surface area contributed by atoms with Crippen molar-refractivity contribution >= 4 is 7.60 Å². The number of rotatable bonds is 20. The summed E-state index contributed by atoms with van der Waals surface area (Å²) in [5.41, 5.74) is 0. The fraction of sp³-hybridized carbons (Fsp3) is 0.917. The molecule has 0 aromatic rings. The van der Waals surface area contributed by atoms with Gasteiger partial charge in [0.2, 0.25) is 0 Å². The van der Waals surface area contributed by atoms with Crippen molar-refractivity contribution in [2.75, 3.05) is 0 Å². The lowest BCUT2D eigenvalue weighted by atomic mass is 9.94. The minimum atomic E-state index is -3.63. The van der Waals surface area contributed by atoms with E-state index in [-0.39, 0.29) is 6.10 Å². The van der Waals surface area contributed by atoms with Crippen LogP contribution >= 0.6 is 7.60 Å². The van der Waals surface area contributed by atoms with Gasteiger partial charge in [-0.05, 0) is 32.1 Å². The zero-order valence-corrected chi connectivity index (χ0v) is 20.2. The molecule has 168 valence electrons. The molecular weight excluding hydrogens is 367 g/mol. The van der Waals surface area contributed by atoms with E-state index in [4.69, 9.17) is 4.52 Å². The summed E-state index contributed by atoms with van der Waals surface area (Å²) in [4.78, 5) is 10.2. The molecule has 3 nitrogen and oxygen atoms in total. The summed E-state index contributed by atoms with van der Waals surface area (Å²) < 4.78 is 17.9. The van der Waals surface area contributed by atoms with Crippen LogP contribution < -0.4 is 0 Å². The van der Waals surface area contributed by atoms with Crippen LogP contribution in [0.2, 0.25) is 0 Å². The van der Waals surface area contributed by atoms with Gasteiger partial charge in [-0.15, -0.1) is 0 Å². The number of unbranched alkanes of at least 4 members (excludes halogenated alkanes) is 10. The first-order chi connectivity index (χ1) is 13.4. The monoisotopic (exact) mass is 416 g/mol. The van der Waals surface area contributed by atoms with Crippen LogP contribution in [0.5, 0.6) is 0 Å². The SMILES string of the molecule is CCCCCCCC(/C=C/P(=O)(O)OC(C)CCCCCC)CCCCCC. The molecule has 0 radical (unpaired) electrons. The molecule has 0 heterocycles. The van der Waals surface area contributed by atoms with E-state index in [1.165, 1.54) is 82.9 Å². The van der Waals surface area contributed by atoms with Gasteiger partial charge in [-0.25, -0.2) is 0 Å². The zero-order valence-electron chi connectivity index (χ0n) is 19.3. The quantitative estimate of drug-likeness (QED) is 0.159. The Morgan fingerprint density at radius 1 is 0.750 bits per heavy atom. The number of hydrogen-bond donors (Lipinski definition) is 1. The van der Waals surface area contributed by atoms with Gasteiger partial charge in [0, 0.05) is 5.82 Å². The predicted octanol–water partition coefficient (Wildman–Crippen LogP) is 9.01. The van der Waals surface area contributed by atoms with Crippen LogP contribution in [0.25, 0.3) is 0 Å². The molecular formula is C24H49O3P. The average molecular weight is 417 g/mol. The largest absolute Gasteiger partial charge is 0.351 e. The van der Waals surface area contributed by atoms with E-state index in [1.54, 1.807) is 0 Å².